The van der Waals surface area contributed by atoms with Crippen molar-refractivity contribution in [3.63, 3.8) is 0 Å². The van der Waals surface area contributed by atoms with E-state index in [-0.39, 0.29) is 0 Å². The van der Waals surface area contributed by atoms with Gasteiger partial charge in [0.1, 0.15) is 11.6 Å². The van der Waals surface area contributed by atoms with Gasteiger partial charge in [0.05, 0.1) is 31.0 Å². The Morgan fingerprint density at radius 3 is 2.76 bits per heavy atom. The number of nitrogens with zero attached hydrogens (tertiary/aromatic N) is 4. The highest BCUT2D eigenvalue weighted by Crippen LogP contribution is 2.33. The molecule has 0 aliphatic carbocycles. The van der Waals surface area contributed by atoms with Crippen LogP contribution >= 0.6 is 11.6 Å². The molecule has 4 rings (SSSR count). The summed E-state index contributed by atoms with van der Waals surface area (Å²) in [5.41, 5.74) is 2.87. The molecule has 1 saturated heterocycles. The Hall–Kier alpha value is -2.31. The Morgan fingerprint density at radius 2 is 2.00 bits per heavy atom. The molecular weight excluding hydrogens is 340 g/mol. The lowest BCUT2D eigenvalue weighted by Crippen LogP contribution is -2.36. The summed E-state index contributed by atoms with van der Waals surface area (Å²) in [6.45, 7) is 5.19. The Kier molecular flexibility index (Phi) is 4.23. The third-order valence-corrected chi connectivity index (χ3v) is 4.72. The molecule has 130 valence electrons. The smallest absolute Gasteiger partial charge is 0.236 e. The van der Waals surface area contributed by atoms with E-state index >= 15 is 0 Å². The van der Waals surface area contributed by atoms with Crippen molar-refractivity contribution in [2.45, 2.75) is 6.92 Å². The summed E-state index contributed by atoms with van der Waals surface area (Å²) in [4.78, 5) is 11.6. The Morgan fingerprint density at radius 1 is 1.20 bits per heavy atom. The fourth-order valence-corrected chi connectivity index (χ4v) is 3.29. The van der Waals surface area contributed by atoms with E-state index in [4.69, 9.17) is 31.0 Å². The van der Waals surface area contributed by atoms with Crippen molar-refractivity contribution in [3.8, 4) is 17.0 Å². The maximum Gasteiger partial charge on any atom is 0.236 e. The van der Waals surface area contributed by atoms with E-state index in [1.165, 1.54) is 0 Å². The molecule has 0 saturated carbocycles. The van der Waals surface area contributed by atoms with Crippen molar-refractivity contribution in [2.24, 2.45) is 0 Å². The number of ether oxygens (including phenoxy) is 2. The molecule has 0 unspecified atom stereocenters. The second-order valence-electron chi connectivity index (χ2n) is 6.02. The van der Waals surface area contributed by atoms with Crippen LogP contribution in [0.1, 0.15) is 5.56 Å². The third kappa shape index (κ3) is 3.03. The van der Waals surface area contributed by atoms with Crippen LogP contribution in [0.4, 0.5) is 5.82 Å². The molecule has 3 aromatic rings. The number of hydrogen-bond acceptors (Lipinski definition) is 5. The zero-order valence-electron chi connectivity index (χ0n) is 14.2. The minimum Gasteiger partial charge on any atom is -0.495 e. The number of halogens is 1. The molecule has 6 nitrogen and oxygen atoms in total. The molecule has 25 heavy (non-hydrogen) atoms. The van der Waals surface area contributed by atoms with Crippen molar-refractivity contribution in [1.29, 1.82) is 0 Å². The highest BCUT2D eigenvalue weighted by atomic mass is 35.5. The van der Waals surface area contributed by atoms with E-state index in [0.29, 0.717) is 16.5 Å². The van der Waals surface area contributed by atoms with Crippen LogP contribution in [0.2, 0.25) is 5.02 Å². The predicted molar refractivity (Wildman–Crippen MR) is 97.8 cm³/mol. The summed E-state index contributed by atoms with van der Waals surface area (Å²) in [5, 5.41) is 0.571. The first-order valence-electron chi connectivity index (χ1n) is 8.18. The molecule has 0 atom stereocenters. The fraction of sp³-hybridized carbons (Fsp3) is 0.333. The van der Waals surface area contributed by atoms with Gasteiger partial charge in [-0.2, -0.15) is 4.98 Å². The topological polar surface area (TPSA) is 51.9 Å². The van der Waals surface area contributed by atoms with E-state index < -0.39 is 0 Å². The van der Waals surface area contributed by atoms with Crippen LogP contribution in [0.25, 0.3) is 17.0 Å². The van der Waals surface area contributed by atoms with E-state index in [2.05, 4.69) is 4.90 Å². The van der Waals surface area contributed by atoms with Gasteiger partial charge >= 0.3 is 0 Å². The largest absolute Gasteiger partial charge is 0.495 e. The summed E-state index contributed by atoms with van der Waals surface area (Å²) in [6.07, 6.45) is 3.96. The van der Waals surface area contributed by atoms with Gasteiger partial charge in [-0.05, 0) is 30.7 Å². The Bertz CT molecular complexity index is 919. The van der Waals surface area contributed by atoms with Crippen LogP contribution < -0.4 is 9.64 Å². The number of anilines is 1. The highest BCUT2D eigenvalue weighted by Gasteiger charge is 2.15. The van der Waals surface area contributed by atoms with Crippen LogP contribution in [0, 0.1) is 6.92 Å². The number of rotatable bonds is 3. The monoisotopic (exact) mass is 358 g/mol. The second kappa shape index (κ2) is 6.54. The molecule has 0 spiro atoms. The molecule has 1 aliphatic heterocycles. The minimum atomic E-state index is 0.571. The summed E-state index contributed by atoms with van der Waals surface area (Å²) >= 11 is 6.28. The molecule has 0 amide bonds. The van der Waals surface area contributed by atoms with Gasteiger partial charge in [-0.3, -0.25) is 4.40 Å². The van der Waals surface area contributed by atoms with Crippen LogP contribution in [-0.2, 0) is 4.74 Å². The standard InChI is InChI=1S/C18H19ClN4O2/c1-12-9-16(24-2)14(19)10-13(12)15-11-23-4-3-17(21-18(23)20-15)22-5-7-25-8-6-22/h3-4,9-11H,5-8H2,1-2H3. The number of aromatic nitrogens is 3. The number of morpholine rings is 1. The molecule has 3 heterocycles. The molecule has 0 N–H and O–H groups in total. The Balaban J connectivity index is 1.73. The number of aryl methyl sites for hydroxylation is 1. The SMILES string of the molecule is COc1cc(C)c(-c2cn3ccc(N4CCOCC4)nc3n2)cc1Cl. The van der Waals surface area contributed by atoms with Crippen LogP contribution in [0.5, 0.6) is 5.75 Å². The van der Waals surface area contributed by atoms with Crippen molar-refractivity contribution >= 4 is 23.2 Å². The first kappa shape index (κ1) is 16.2. The van der Waals surface area contributed by atoms with Crippen molar-refractivity contribution in [2.75, 3.05) is 38.3 Å². The summed E-state index contributed by atoms with van der Waals surface area (Å²) in [5.74, 6) is 2.27. The van der Waals surface area contributed by atoms with Gasteiger partial charge in [0.15, 0.2) is 0 Å². The zero-order valence-corrected chi connectivity index (χ0v) is 15.0. The number of imidazole rings is 1. The van der Waals surface area contributed by atoms with E-state index in [0.717, 1.165) is 48.9 Å². The number of hydrogen-bond donors (Lipinski definition) is 0. The maximum atomic E-state index is 6.28. The predicted octanol–water partition coefficient (Wildman–Crippen LogP) is 3.20. The second-order valence-corrected chi connectivity index (χ2v) is 6.43. The van der Waals surface area contributed by atoms with E-state index in [9.17, 15) is 0 Å². The lowest BCUT2D eigenvalue weighted by molar-refractivity contribution is 0.122. The van der Waals surface area contributed by atoms with Gasteiger partial charge in [0.25, 0.3) is 0 Å². The van der Waals surface area contributed by atoms with Crippen LogP contribution in [0.3, 0.4) is 0 Å². The molecule has 0 bridgehead atoms. The molecule has 2 aromatic heterocycles. The number of benzene rings is 1. The Labute approximate surface area is 151 Å². The first-order chi connectivity index (χ1) is 12.2. The van der Waals surface area contributed by atoms with Gasteiger partial charge in [-0.15, -0.1) is 0 Å². The highest BCUT2D eigenvalue weighted by molar-refractivity contribution is 6.32. The fourth-order valence-electron chi connectivity index (χ4n) is 3.05. The average molecular weight is 359 g/mol. The lowest BCUT2D eigenvalue weighted by Gasteiger charge is -2.27. The van der Waals surface area contributed by atoms with Crippen molar-refractivity contribution in [1.82, 2.24) is 14.4 Å². The van der Waals surface area contributed by atoms with Gasteiger partial charge < -0.3 is 14.4 Å². The third-order valence-electron chi connectivity index (χ3n) is 4.42. The minimum absolute atomic E-state index is 0.571. The average Bonchev–Trinajstić information content (AvgIpc) is 3.07. The van der Waals surface area contributed by atoms with E-state index in [1.54, 1.807) is 7.11 Å². The quantitative estimate of drug-likeness (QED) is 0.719. The van der Waals surface area contributed by atoms with Gasteiger partial charge in [0.2, 0.25) is 5.78 Å². The van der Waals surface area contributed by atoms with E-state index in [1.807, 2.05) is 41.9 Å². The van der Waals surface area contributed by atoms with Crippen molar-refractivity contribution in [3.05, 3.63) is 41.2 Å². The summed E-state index contributed by atoms with van der Waals surface area (Å²) < 4.78 is 12.6. The molecular formula is C18H19ClN4O2. The molecule has 1 aromatic carbocycles. The maximum absolute atomic E-state index is 6.28. The van der Waals surface area contributed by atoms with Gasteiger partial charge in [-0.1, -0.05) is 11.6 Å². The summed E-state index contributed by atoms with van der Waals surface area (Å²) in [7, 11) is 1.61. The number of fused-ring (bicyclic) bond motifs is 1. The first-order valence-corrected chi connectivity index (χ1v) is 8.56. The van der Waals surface area contributed by atoms with Gasteiger partial charge in [-0.25, -0.2) is 4.98 Å². The molecule has 1 aliphatic rings. The van der Waals surface area contributed by atoms with Crippen LogP contribution in [0.15, 0.2) is 30.6 Å². The number of methoxy groups -OCH3 is 1. The normalized spacial score (nSPS) is 14.9. The zero-order chi connectivity index (χ0) is 17.4. The summed E-state index contributed by atoms with van der Waals surface area (Å²) in [6, 6.07) is 5.83. The lowest BCUT2D eigenvalue weighted by atomic mass is 10.1. The van der Waals surface area contributed by atoms with Crippen LogP contribution in [-0.4, -0.2) is 47.8 Å². The van der Waals surface area contributed by atoms with Gasteiger partial charge in [0, 0.05) is 31.0 Å². The molecule has 0 radical (unpaired) electrons. The molecule has 7 heteroatoms. The van der Waals surface area contributed by atoms with Crippen molar-refractivity contribution < 1.29 is 9.47 Å². The molecule has 1 fully saturated rings.